The SMILES string of the molecule is COc1ccc(C(F)(F)F)cc1C=C1Cc2cc(OC)c(OC)cc2C1=O. The Bertz CT molecular complexity index is 930. The number of Topliss-reactive ketones (excluding diaryl/α,β-unsaturated/α-hetero) is 1. The van der Waals surface area contributed by atoms with E-state index in [1.165, 1.54) is 33.5 Å². The fraction of sp³-hybridized carbons (Fsp3) is 0.250. The van der Waals surface area contributed by atoms with Gasteiger partial charge in [0, 0.05) is 23.1 Å². The monoisotopic (exact) mass is 378 g/mol. The number of halogens is 3. The summed E-state index contributed by atoms with van der Waals surface area (Å²) in [5, 5.41) is 0. The lowest BCUT2D eigenvalue weighted by molar-refractivity contribution is -0.137. The molecule has 0 atom stereocenters. The lowest BCUT2D eigenvalue weighted by Gasteiger charge is -2.11. The first-order chi connectivity index (χ1) is 12.8. The van der Waals surface area contributed by atoms with E-state index in [0.717, 1.165) is 17.7 Å². The van der Waals surface area contributed by atoms with Gasteiger partial charge in [-0.3, -0.25) is 4.79 Å². The number of hydrogen-bond donors (Lipinski definition) is 0. The summed E-state index contributed by atoms with van der Waals surface area (Å²) in [6.45, 7) is 0. The van der Waals surface area contributed by atoms with E-state index in [9.17, 15) is 18.0 Å². The predicted molar refractivity (Wildman–Crippen MR) is 93.6 cm³/mol. The zero-order valence-corrected chi connectivity index (χ0v) is 14.9. The number of methoxy groups -OCH3 is 3. The van der Waals surface area contributed by atoms with Gasteiger partial charge in [0.1, 0.15) is 5.75 Å². The van der Waals surface area contributed by atoms with Crippen LogP contribution < -0.4 is 14.2 Å². The van der Waals surface area contributed by atoms with Crippen LogP contribution in [0, 0.1) is 0 Å². The molecule has 0 radical (unpaired) electrons. The fourth-order valence-electron chi connectivity index (χ4n) is 3.06. The van der Waals surface area contributed by atoms with E-state index >= 15 is 0 Å². The molecule has 4 nitrogen and oxygen atoms in total. The minimum absolute atomic E-state index is 0.197. The third-order valence-corrected chi connectivity index (χ3v) is 4.41. The second kappa shape index (κ2) is 6.98. The lowest BCUT2D eigenvalue weighted by atomic mass is 10.0. The highest BCUT2D eigenvalue weighted by Crippen LogP contribution is 2.38. The van der Waals surface area contributed by atoms with Crippen LogP contribution in [0.2, 0.25) is 0 Å². The van der Waals surface area contributed by atoms with E-state index in [0.29, 0.717) is 22.6 Å². The highest BCUT2D eigenvalue weighted by atomic mass is 19.4. The van der Waals surface area contributed by atoms with E-state index in [1.807, 2.05) is 0 Å². The molecule has 0 amide bonds. The molecule has 142 valence electrons. The molecule has 3 rings (SSSR count). The summed E-state index contributed by atoms with van der Waals surface area (Å²) in [5.41, 5.74) is 0.946. The van der Waals surface area contributed by atoms with Crippen molar-refractivity contribution in [3.63, 3.8) is 0 Å². The number of hydrogen-bond acceptors (Lipinski definition) is 4. The smallest absolute Gasteiger partial charge is 0.416 e. The molecule has 1 aliphatic rings. The van der Waals surface area contributed by atoms with Gasteiger partial charge in [0.25, 0.3) is 0 Å². The third-order valence-electron chi connectivity index (χ3n) is 4.41. The first-order valence-electron chi connectivity index (χ1n) is 8.04. The zero-order valence-electron chi connectivity index (χ0n) is 14.9. The van der Waals surface area contributed by atoms with Crippen molar-refractivity contribution < 1.29 is 32.2 Å². The lowest BCUT2D eigenvalue weighted by Crippen LogP contribution is -2.05. The Morgan fingerprint density at radius 1 is 0.926 bits per heavy atom. The maximum Gasteiger partial charge on any atom is 0.416 e. The van der Waals surface area contributed by atoms with E-state index in [-0.39, 0.29) is 23.5 Å². The Hall–Kier alpha value is -2.96. The highest BCUT2D eigenvalue weighted by molar-refractivity contribution is 6.16. The quantitative estimate of drug-likeness (QED) is 0.732. The molecule has 0 N–H and O–H groups in total. The topological polar surface area (TPSA) is 44.8 Å². The van der Waals surface area contributed by atoms with E-state index < -0.39 is 11.7 Å². The average molecular weight is 378 g/mol. The number of carbonyl (C=O) groups excluding carboxylic acids is 1. The molecule has 27 heavy (non-hydrogen) atoms. The molecule has 2 aromatic carbocycles. The van der Waals surface area contributed by atoms with Gasteiger partial charge in [-0.25, -0.2) is 0 Å². The van der Waals surface area contributed by atoms with Crippen molar-refractivity contribution in [3.8, 4) is 17.2 Å². The van der Waals surface area contributed by atoms with Crippen molar-refractivity contribution in [1.82, 2.24) is 0 Å². The van der Waals surface area contributed by atoms with Crippen molar-refractivity contribution in [2.45, 2.75) is 12.6 Å². The summed E-state index contributed by atoms with van der Waals surface area (Å²) < 4.78 is 54.7. The highest BCUT2D eigenvalue weighted by Gasteiger charge is 2.32. The number of fused-ring (bicyclic) bond motifs is 1. The van der Waals surface area contributed by atoms with Crippen LogP contribution in [-0.2, 0) is 12.6 Å². The molecule has 0 unspecified atom stereocenters. The van der Waals surface area contributed by atoms with Crippen LogP contribution in [-0.4, -0.2) is 27.1 Å². The van der Waals surface area contributed by atoms with E-state index in [2.05, 4.69) is 0 Å². The van der Waals surface area contributed by atoms with Gasteiger partial charge in [0.2, 0.25) is 0 Å². The Labute approximate surface area is 154 Å². The van der Waals surface area contributed by atoms with Crippen LogP contribution in [0.4, 0.5) is 13.2 Å². The molecule has 0 heterocycles. The first-order valence-corrected chi connectivity index (χ1v) is 8.04. The maximum atomic E-state index is 13.0. The van der Waals surface area contributed by atoms with Crippen molar-refractivity contribution in [3.05, 3.63) is 58.2 Å². The van der Waals surface area contributed by atoms with Gasteiger partial charge in [-0.1, -0.05) is 0 Å². The molecule has 0 saturated heterocycles. The van der Waals surface area contributed by atoms with Gasteiger partial charge in [0.15, 0.2) is 17.3 Å². The van der Waals surface area contributed by atoms with Crippen molar-refractivity contribution in [1.29, 1.82) is 0 Å². The number of benzene rings is 2. The molecule has 1 aliphatic carbocycles. The number of carbonyl (C=O) groups is 1. The van der Waals surface area contributed by atoms with Crippen molar-refractivity contribution in [2.24, 2.45) is 0 Å². The van der Waals surface area contributed by atoms with Gasteiger partial charge in [-0.15, -0.1) is 0 Å². The third kappa shape index (κ3) is 3.49. The minimum Gasteiger partial charge on any atom is -0.496 e. The van der Waals surface area contributed by atoms with Gasteiger partial charge in [-0.05, 0) is 42.0 Å². The molecule has 0 saturated carbocycles. The number of rotatable bonds is 4. The maximum absolute atomic E-state index is 13.0. The summed E-state index contributed by atoms with van der Waals surface area (Å²) in [5.74, 6) is 0.907. The fourth-order valence-corrected chi connectivity index (χ4v) is 3.06. The molecule has 2 aromatic rings. The molecule has 0 fully saturated rings. The van der Waals surface area contributed by atoms with Gasteiger partial charge >= 0.3 is 6.18 Å². The number of ether oxygens (including phenoxy) is 3. The molecule has 7 heteroatoms. The van der Waals surface area contributed by atoms with Crippen molar-refractivity contribution >= 4 is 11.9 Å². The standard InChI is InChI=1S/C20H17F3O4/c1-25-16-5-4-14(20(21,22)23)8-12(16)7-13-6-11-9-17(26-2)18(27-3)10-15(11)19(13)24/h4-5,7-10H,6H2,1-3H3. The Morgan fingerprint density at radius 3 is 2.15 bits per heavy atom. The van der Waals surface area contributed by atoms with E-state index in [1.54, 1.807) is 12.1 Å². The Morgan fingerprint density at radius 2 is 1.56 bits per heavy atom. The van der Waals surface area contributed by atoms with Crippen LogP contribution in [0.15, 0.2) is 35.9 Å². The first kappa shape index (κ1) is 18.8. The van der Waals surface area contributed by atoms with Gasteiger partial charge < -0.3 is 14.2 Å². The van der Waals surface area contributed by atoms with Crippen LogP contribution >= 0.6 is 0 Å². The Balaban J connectivity index is 2.05. The van der Waals surface area contributed by atoms with Crippen LogP contribution in [0.1, 0.15) is 27.0 Å². The number of alkyl halides is 3. The molecular formula is C20H17F3O4. The number of ketones is 1. The van der Waals surface area contributed by atoms with Crippen molar-refractivity contribution in [2.75, 3.05) is 21.3 Å². The minimum atomic E-state index is -4.48. The molecule has 0 bridgehead atoms. The second-order valence-electron chi connectivity index (χ2n) is 5.99. The Kier molecular flexibility index (Phi) is 4.87. The average Bonchev–Trinajstić information content (AvgIpc) is 2.94. The summed E-state index contributed by atoms with van der Waals surface area (Å²) in [7, 11) is 4.32. The van der Waals surface area contributed by atoms with Crippen LogP contribution in [0.5, 0.6) is 17.2 Å². The predicted octanol–water partition coefficient (Wildman–Crippen LogP) is 4.55. The second-order valence-corrected chi connectivity index (χ2v) is 5.99. The molecule has 0 aliphatic heterocycles. The normalized spacial score (nSPS) is 15.0. The summed E-state index contributed by atoms with van der Waals surface area (Å²) in [6, 6.07) is 6.45. The van der Waals surface area contributed by atoms with Crippen LogP contribution in [0.25, 0.3) is 6.08 Å². The summed E-state index contributed by atoms with van der Waals surface area (Å²) in [4.78, 5) is 12.7. The van der Waals surface area contributed by atoms with Gasteiger partial charge in [0.05, 0.1) is 26.9 Å². The molecule has 0 spiro atoms. The largest absolute Gasteiger partial charge is 0.496 e. The van der Waals surface area contributed by atoms with E-state index in [4.69, 9.17) is 14.2 Å². The summed E-state index contributed by atoms with van der Waals surface area (Å²) in [6.07, 6.45) is -2.76. The molecular weight excluding hydrogens is 361 g/mol. The number of allylic oxidation sites excluding steroid dienone is 1. The zero-order chi connectivity index (χ0) is 19.8. The summed E-state index contributed by atoms with van der Waals surface area (Å²) >= 11 is 0. The van der Waals surface area contributed by atoms with Gasteiger partial charge in [-0.2, -0.15) is 13.2 Å². The molecule has 0 aromatic heterocycles. The van der Waals surface area contributed by atoms with Crippen LogP contribution in [0.3, 0.4) is 0 Å².